The molecule has 0 aromatic carbocycles. The Kier molecular flexibility index (Phi) is 2.32. The van der Waals surface area contributed by atoms with E-state index in [2.05, 4.69) is 6.92 Å². The van der Waals surface area contributed by atoms with Gasteiger partial charge in [-0.15, -0.1) is 0 Å². The number of rotatable bonds is 3. The largest absolute Gasteiger partial charge is 0.452 e. The maximum atomic E-state index is 10.7. The smallest absolute Gasteiger partial charge is 0.331 e. The zero-order valence-corrected chi connectivity index (χ0v) is 7.09. The summed E-state index contributed by atoms with van der Waals surface area (Å²) in [5.74, 6) is -0.205. The summed E-state index contributed by atoms with van der Waals surface area (Å²) < 4.78 is 5.10. The van der Waals surface area contributed by atoms with Crippen LogP contribution in [0.5, 0.6) is 0 Å². The van der Waals surface area contributed by atoms with E-state index in [9.17, 15) is 4.79 Å². The van der Waals surface area contributed by atoms with Gasteiger partial charge in [-0.25, -0.2) is 4.79 Å². The Morgan fingerprint density at radius 1 is 1.64 bits per heavy atom. The lowest BCUT2D eigenvalue weighted by molar-refractivity contribution is -0.144. The van der Waals surface area contributed by atoms with Crippen LogP contribution in [0.3, 0.4) is 0 Å². The number of unbranched alkanes of at least 4 members (excludes halogenated alkanes) is 1. The van der Waals surface area contributed by atoms with Gasteiger partial charge in [0.2, 0.25) is 0 Å². The van der Waals surface area contributed by atoms with E-state index in [0.717, 1.165) is 19.3 Å². The molecule has 1 aliphatic heterocycles. The van der Waals surface area contributed by atoms with E-state index < -0.39 is 0 Å². The first-order valence-electron chi connectivity index (χ1n) is 4.08. The maximum absolute atomic E-state index is 10.7. The van der Waals surface area contributed by atoms with Gasteiger partial charge in [0.15, 0.2) is 0 Å². The first-order chi connectivity index (χ1) is 5.16. The van der Waals surface area contributed by atoms with E-state index in [1.54, 1.807) is 0 Å². The van der Waals surface area contributed by atoms with Crippen molar-refractivity contribution in [1.82, 2.24) is 0 Å². The Labute approximate surface area is 67.2 Å². The zero-order chi connectivity index (χ0) is 8.32. The second-order valence-corrected chi connectivity index (χ2v) is 3.17. The van der Waals surface area contributed by atoms with E-state index >= 15 is 0 Å². The van der Waals surface area contributed by atoms with Gasteiger partial charge < -0.3 is 4.74 Å². The monoisotopic (exact) mass is 154 g/mol. The molecule has 2 nitrogen and oxygen atoms in total. The minimum atomic E-state index is -0.312. The van der Waals surface area contributed by atoms with Crippen molar-refractivity contribution in [1.29, 1.82) is 0 Å². The summed E-state index contributed by atoms with van der Waals surface area (Å²) in [5, 5.41) is 0. The van der Waals surface area contributed by atoms with Crippen molar-refractivity contribution in [2.24, 2.45) is 0 Å². The molecule has 0 radical (unpaired) electrons. The molecule has 0 amide bonds. The van der Waals surface area contributed by atoms with Crippen molar-refractivity contribution in [3.05, 3.63) is 12.2 Å². The second kappa shape index (κ2) is 3.07. The summed E-state index contributed by atoms with van der Waals surface area (Å²) in [5.41, 5.74) is -0.312. The predicted molar refractivity (Wildman–Crippen MR) is 43.2 cm³/mol. The number of hydrogen-bond donors (Lipinski definition) is 0. The van der Waals surface area contributed by atoms with Gasteiger partial charge in [0.1, 0.15) is 5.60 Å². The van der Waals surface area contributed by atoms with Gasteiger partial charge in [0.25, 0.3) is 0 Å². The first kappa shape index (κ1) is 8.31. The van der Waals surface area contributed by atoms with Gasteiger partial charge in [-0.05, 0) is 25.8 Å². The number of ether oxygens (including phenoxy) is 1. The Bertz CT molecular complexity index is 184. The molecule has 0 aliphatic carbocycles. The zero-order valence-electron chi connectivity index (χ0n) is 7.09. The van der Waals surface area contributed by atoms with Gasteiger partial charge >= 0.3 is 5.97 Å². The summed E-state index contributed by atoms with van der Waals surface area (Å²) in [6.45, 7) is 4.08. The normalized spacial score (nSPS) is 29.1. The SMILES string of the molecule is CCCC[C@@]1(C)C=CC(=O)O1. The lowest BCUT2D eigenvalue weighted by Crippen LogP contribution is -2.23. The van der Waals surface area contributed by atoms with Gasteiger partial charge in [-0.3, -0.25) is 0 Å². The fraction of sp³-hybridized carbons (Fsp3) is 0.667. The van der Waals surface area contributed by atoms with E-state index in [1.165, 1.54) is 6.08 Å². The average Bonchev–Trinajstić information content (AvgIpc) is 2.28. The summed E-state index contributed by atoms with van der Waals surface area (Å²) in [6.07, 6.45) is 6.54. The predicted octanol–water partition coefficient (Wildman–Crippen LogP) is 2.05. The van der Waals surface area contributed by atoms with Crippen molar-refractivity contribution in [2.75, 3.05) is 0 Å². The standard InChI is InChI=1S/C9H14O2/c1-3-4-6-9(2)7-5-8(10)11-9/h5,7H,3-4,6H2,1-2H3/t9-/m0/s1. The highest BCUT2D eigenvalue weighted by molar-refractivity contribution is 5.85. The second-order valence-electron chi connectivity index (χ2n) is 3.17. The molecule has 0 saturated heterocycles. The Balaban J connectivity index is 2.43. The number of hydrogen-bond acceptors (Lipinski definition) is 2. The van der Waals surface area contributed by atoms with E-state index in [1.807, 2.05) is 13.0 Å². The van der Waals surface area contributed by atoms with Crippen molar-refractivity contribution in [3.8, 4) is 0 Å². The number of carbonyl (C=O) groups excluding carboxylic acids is 1. The molecule has 1 atom stereocenters. The van der Waals surface area contributed by atoms with Crippen LogP contribution in [0.1, 0.15) is 33.1 Å². The van der Waals surface area contributed by atoms with Crippen LogP contribution in [0.2, 0.25) is 0 Å². The first-order valence-corrected chi connectivity index (χ1v) is 4.08. The summed E-state index contributed by atoms with van der Waals surface area (Å²) in [6, 6.07) is 0. The molecule has 1 rings (SSSR count). The van der Waals surface area contributed by atoms with Gasteiger partial charge in [-0.1, -0.05) is 13.3 Å². The summed E-state index contributed by atoms with van der Waals surface area (Å²) in [4.78, 5) is 10.7. The number of carbonyl (C=O) groups is 1. The van der Waals surface area contributed by atoms with Crippen LogP contribution < -0.4 is 0 Å². The molecule has 11 heavy (non-hydrogen) atoms. The van der Waals surface area contributed by atoms with Crippen LogP contribution >= 0.6 is 0 Å². The molecule has 1 heterocycles. The van der Waals surface area contributed by atoms with Crippen LogP contribution in [0, 0.1) is 0 Å². The Morgan fingerprint density at radius 2 is 2.36 bits per heavy atom. The lowest BCUT2D eigenvalue weighted by Gasteiger charge is -2.20. The summed E-state index contributed by atoms with van der Waals surface area (Å²) >= 11 is 0. The van der Waals surface area contributed by atoms with Crippen molar-refractivity contribution >= 4 is 5.97 Å². The van der Waals surface area contributed by atoms with E-state index in [4.69, 9.17) is 4.74 Å². The van der Waals surface area contributed by atoms with Crippen LogP contribution in [0.15, 0.2) is 12.2 Å². The number of esters is 1. The average molecular weight is 154 g/mol. The Morgan fingerprint density at radius 3 is 2.82 bits per heavy atom. The molecular formula is C9H14O2. The third-order valence-corrected chi connectivity index (χ3v) is 1.93. The van der Waals surface area contributed by atoms with Gasteiger partial charge in [0.05, 0.1) is 0 Å². The van der Waals surface area contributed by atoms with Crippen molar-refractivity contribution < 1.29 is 9.53 Å². The molecule has 62 valence electrons. The van der Waals surface area contributed by atoms with E-state index in [-0.39, 0.29) is 11.6 Å². The highest BCUT2D eigenvalue weighted by Crippen LogP contribution is 2.24. The van der Waals surface area contributed by atoms with Crippen molar-refractivity contribution in [3.63, 3.8) is 0 Å². The van der Waals surface area contributed by atoms with Crippen LogP contribution in [-0.2, 0) is 9.53 Å². The van der Waals surface area contributed by atoms with Gasteiger partial charge in [-0.2, -0.15) is 0 Å². The van der Waals surface area contributed by atoms with E-state index in [0.29, 0.717) is 0 Å². The molecule has 0 N–H and O–H groups in total. The van der Waals surface area contributed by atoms with Crippen LogP contribution in [-0.4, -0.2) is 11.6 Å². The fourth-order valence-electron chi connectivity index (χ4n) is 1.20. The molecule has 0 saturated carbocycles. The number of cyclic esters (lactones) is 1. The highest BCUT2D eigenvalue weighted by Gasteiger charge is 2.29. The molecule has 1 aliphatic rings. The quantitative estimate of drug-likeness (QED) is 0.581. The highest BCUT2D eigenvalue weighted by atomic mass is 16.6. The minimum absolute atomic E-state index is 0.205. The van der Waals surface area contributed by atoms with Crippen LogP contribution in [0.4, 0.5) is 0 Å². The molecule has 0 unspecified atom stereocenters. The molecule has 0 fully saturated rings. The topological polar surface area (TPSA) is 26.3 Å². The molecule has 2 heteroatoms. The lowest BCUT2D eigenvalue weighted by atomic mass is 10.00. The van der Waals surface area contributed by atoms with Gasteiger partial charge in [0, 0.05) is 6.08 Å². The Hall–Kier alpha value is -0.790. The molecular weight excluding hydrogens is 140 g/mol. The third-order valence-electron chi connectivity index (χ3n) is 1.93. The molecule has 0 spiro atoms. The van der Waals surface area contributed by atoms with Crippen LogP contribution in [0.25, 0.3) is 0 Å². The summed E-state index contributed by atoms with van der Waals surface area (Å²) in [7, 11) is 0. The molecule has 0 aromatic rings. The molecule has 0 aromatic heterocycles. The fourth-order valence-corrected chi connectivity index (χ4v) is 1.20. The maximum Gasteiger partial charge on any atom is 0.331 e. The minimum Gasteiger partial charge on any atom is -0.452 e. The van der Waals surface area contributed by atoms with Crippen molar-refractivity contribution in [2.45, 2.75) is 38.7 Å². The third kappa shape index (κ3) is 2.07. The molecule has 0 bridgehead atoms.